The Bertz CT molecular complexity index is 1220. The van der Waals surface area contributed by atoms with Crippen LogP contribution in [0.25, 0.3) is 0 Å². The van der Waals surface area contributed by atoms with Crippen LogP contribution < -0.4 is 14.4 Å². The van der Waals surface area contributed by atoms with Gasteiger partial charge in [0.05, 0.1) is 28.6 Å². The number of carbonyl (C=O) groups is 1. The fraction of sp³-hybridized carbons (Fsp3) is 0.304. The van der Waals surface area contributed by atoms with Crippen molar-refractivity contribution in [2.75, 3.05) is 22.8 Å². The van der Waals surface area contributed by atoms with E-state index in [0.717, 1.165) is 38.3 Å². The monoisotopic (exact) mass is 453 g/mol. The average Bonchev–Trinajstić information content (AvgIpc) is 2.79. The maximum Gasteiger partial charge on any atom is 0.335 e. The molecular formula is C23H23N3O5S. The summed E-state index contributed by atoms with van der Waals surface area (Å²) in [5, 5.41) is 18.7. The average molecular weight is 454 g/mol. The molecule has 0 radical (unpaired) electrons. The Morgan fingerprint density at radius 2 is 2.03 bits per heavy atom. The number of ether oxygens (including phenoxy) is 1. The lowest BCUT2D eigenvalue weighted by atomic mass is 9.97. The normalized spacial score (nSPS) is 20.8. The van der Waals surface area contributed by atoms with Crippen molar-refractivity contribution in [3.05, 3.63) is 59.7 Å². The van der Waals surface area contributed by atoms with Gasteiger partial charge in [-0.3, -0.25) is 4.72 Å². The van der Waals surface area contributed by atoms with Crippen LogP contribution in [0.1, 0.15) is 41.6 Å². The molecular weight excluding hydrogens is 430 g/mol. The highest BCUT2D eigenvalue weighted by Crippen LogP contribution is 2.36. The summed E-state index contributed by atoms with van der Waals surface area (Å²) < 4.78 is 35.0. The van der Waals surface area contributed by atoms with Gasteiger partial charge in [-0.05, 0) is 62.1 Å². The van der Waals surface area contributed by atoms with E-state index in [2.05, 4.69) is 9.62 Å². The van der Waals surface area contributed by atoms with Crippen LogP contribution in [0.3, 0.4) is 0 Å². The van der Waals surface area contributed by atoms with Crippen LogP contribution >= 0.6 is 0 Å². The second-order valence-electron chi connectivity index (χ2n) is 7.78. The summed E-state index contributed by atoms with van der Waals surface area (Å²) in [6, 6.07) is 10.9. The molecule has 1 saturated heterocycles. The maximum absolute atomic E-state index is 13.4. The van der Waals surface area contributed by atoms with Crippen molar-refractivity contribution in [1.29, 1.82) is 5.26 Å². The number of carboxylic acid groups (broad SMARTS) is 1. The molecule has 2 N–H and O–H groups in total. The molecule has 0 aromatic heterocycles. The lowest BCUT2D eigenvalue weighted by Gasteiger charge is -2.38. The number of hydrogen-bond donors (Lipinski definition) is 2. The molecule has 0 amide bonds. The third-order valence-corrected chi connectivity index (χ3v) is 7.08. The molecule has 1 unspecified atom stereocenters. The molecule has 32 heavy (non-hydrogen) atoms. The Kier molecular flexibility index (Phi) is 6.06. The van der Waals surface area contributed by atoms with Crippen LogP contribution in [0, 0.1) is 11.3 Å². The Morgan fingerprint density at radius 1 is 1.19 bits per heavy atom. The van der Waals surface area contributed by atoms with Gasteiger partial charge in [-0.1, -0.05) is 12.2 Å². The first-order valence-electron chi connectivity index (χ1n) is 10.4. The third-order valence-electron chi connectivity index (χ3n) is 5.70. The van der Waals surface area contributed by atoms with E-state index in [0.29, 0.717) is 11.3 Å². The summed E-state index contributed by atoms with van der Waals surface area (Å²) in [7, 11) is -4.21. The predicted molar refractivity (Wildman–Crippen MR) is 120 cm³/mol. The summed E-state index contributed by atoms with van der Waals surface area (Å²) >= 11 is 0. The van der Waals surface area contributed by atoms with Crippen molar-refractivity contribution in [3.8, 4) is 11.8 Å². The molecule has 0 spiro atoms. The van der Waals surface area contributed by atoms with E-state index in [4.69, 9.17) is 4.74 Å². The molecule has 2 aliphatic rings. The molecule has 166 valence electrons. The largest absolute Gasteiger partial charge is 0.488 e. The first kappa shape index (κ1) is 21.7. The molecule has 4 rings (SSSR count). The van der Waals surface area contributed by atoms with Crippen LogP contribution in [0.2, 0.25) is 0 Å². The number of benzene rings is 2. The first-order chi connectivity index (χ1) is 15.4. The van der Waals surface area contributed by atoms with Gasteiger partial charge in [0.1, 0.15) is 17.3 Å². The van der Waals surface area contributed by atoms with E-state index >= 15 is 0 Å². The van der Waals surface area contributed by atoms with E-state index < -0.39 is 16.0 Å². The van der Waals surface area contributed by atoms with Gasteiger partial charge in [-0.25, -0.2) is 13.2 Å². The zero-order valence-corrected chi connectivity index (χ0v) is 18.1. The van der Waals surface area contributed by atoms with Crippen LogP contribution in [0.4, 0.5) is 11.4 Å². The van der Waals surface area contributed by atoms with Crippen molar-refractivity contribution in [3.63, 3.8) is 0 Å². The van der Waals surface area contributed by atoms with Gasteiger partial charge >= 0.3 is 5.97 Å². The topological polar surface area (TPSA) is 120 Å². The number of nitrogens with one attached hydrogen (secondary N) is 1. The zero-order chi connectivity index (χ0) is 22.7. The fourth-order valence-corrected chi connectivity index (χ4v) is 5.37. The van der Waals surface area contributed by atoms with Gasteiger partial charge in [0.25, 0.3) is 10.0 Å². The molecule has 1 fully saturated rings. The van der Waals surface area contributed by atoms with Gasteiger partial charge in [-0.15, -0.1) is 0 Å². The van der Waals surface area contributed by atoms with E-state index in [-0.39, 0.29) is 34.5 Å². The summed E-state index contributed by atoms with van der Waals surface area (Å²) in [5.41, 5.74) is 1.13. The summed E-state index contributed by atoms with van der Waals surface area (Å²) in [6.45, 7) is 0.933. The lowest BCUT2D eigenvalue weighted by Crippen LogP contribution is -2.39. The molecule has 0 bridgehead atoms. The van der Waals surface area contributed by atoms with Crippen molar-refractivity contribution < 1.29 is 23.1 Å². The van der Waals surface area contributed by atoms with Crippen molar-refractivity contribution in [1.82, 2.24) is 0 Å². The van der Waals surface area contributed by atoms with Crippen molar-refractivity contribution >= 4 is 27.4 Å². The van der Waals surface area contributed by atoms with Gasteiger partial charge in [0.15, 0.2) is 0 Å². The van der Waals surface area contributed by atoms with E-state index in [1.165, 1.54) is 18.2 Å². The van der Waals surface area contributed by atoms with Gasteiger partial charge in [0, 0.05) is 12.6 Å². The summed E-state index contributed by atoms with van der Waals surface area (Å²) in [5.74, 6) is -1.18. The highest BCUT2D eigenvalue weighted by Gasteiger charge is 2.28. The smallest absolute Gasteiger partial charge is 0.335 e. The number of rotatable bonds is 1. The third kappa shape index (κ3) is 4.41. The lowest BCUT2D eigenvalue weighted by molar-refractivity contribution is 0.0696. The second kappa shape index (κ2) is 8.93. The van der Waals surface area contributed by atoms with E-state index in [9.17, 15) is 23.6 Å². The number of carboxylic acids is 1. The zero-order valence-electron chi connectivity index (χ0n) is 17.3. The molecule has 9 heteroatoms. The Hall–Kier alpha value is -3.51. The molecule has 1 atom stereocenters. The predicted octanol–water partition coefficient (Wildman–Crippen LogP) is 3.75. The number of sulfonamides is 1. The molecule has 0 aliphatic carbocycles. The van der Waals surface area contributed by atoms with Crippen LogP contribution in [0.5, 0.6) is 5.75 Å². The van der Waals surface area contributed by atoms with Crippen molar-refractivity contribution in [2.45, 2.75) is 36.6 Å². The highest BCUT2D eigenvalue weighted by atomic mass is 32.2. The molecule has 2 aliphatic heterocycles. The summed E-state index contributed by atoms with van der Waals surface area (Å²) in [4.78, 5) is 13.4. The molecule has 2 aromatic carbocycles. The SMILES string of the molecule is N#Cc1ccc2c(c1)NS(=O)(=O)c1cc(C(=O)O)ccc1OC/C=C/CC1CCCCN21. The highest BCUT2D eigenvalue weighted by molar-refractivity contribution is 7.92. The Balaban J connectivity index is 1.88. The first-order valence-corrected chi connectivity index (χ1v) is 11.9. The Morgan fingerprint density at radius 3 is 2.81 bits per heavy atom. The minimum absolute atomic E-state index is 0.0575. The van der Waals surface area contributed by atoms with Gasteiger partial charge < -0.3 is 14.7 Å². The fourth-order valence-electron chi connectivity index (χ4n) is 4.13. The van der Waals surface area contributed by atoms with Crippen molar-refractivity contribution in [2.24, 2.45) is 0 Å². The minimum atomic E-state index is -4.21. The summed E-state index contributed by atoms with van der Waals surface area (Å²) in [6.07, 6.45) is 7.70. The number of nitrogens with zero attached hydrogens (tertiary/aromatic N) is 2. The quantitative estimate of drug-likeness (QED) is 0.631. The number of nitriles is 1. The number of piperidine rings is 1. The molecule has 2 aromatic rings. The van der Waals surface area contributed by atoms with Gasteiger partial charge in [-0.2, -0.15) is 5.26 Å². The van der Waals surface area contributed by atoms with E-state index in [1.807, 2.05) is 18.2 Å². The van der Waals surface area contributed by atoms with Crippen LogP contribution in [-0.4, -0.2) is 38.7 Å². The van der Waals surface area contributed by atoms with Crippen LogP contribution in [0.15, 0.2) is 53.4 Å². The number of aromatic carboxylic acids is 1. The van der Waals surface area contributed by atoms with E-state index in [1.54, 1.807) is 12.1 Å². The molecule has 2 heterocycles. The number of fused-ring (bicyclic) bond motifs is 4. The number of hydrogen-bond acceptors (Lipinski definition) is 6. The second-order valence-corrected chi connectivity index (χ2v) is 9.43. The maximum atomic E-state index is 13.4. The Labute approximate surface area is 186 Å². The molecule has 0 saturated carbocycles. The number of anilines is 2. The van der Waals surface area contributed by atoms with Gasteiger partial charge in [0.2, 0.25) is 0 Å². The van der Waals surface area contributed by atoms with Crippen LogP contribution in [-0.2, 0) is 10.0 Å². The molecule has 8 nitrogen and oxygen atoms in total. The minimum Gasteiger partial charge on any atom is -0.488 e. The standard InChI is InChI=1S/C23H23N3O5S/c24-15-16-7-9-20-19(13-16)25-32(29,30)22-14-17(23(27)28)8-10-21(22)31-12-4-2-6-18-5-1-3-11-26(18)20/h2,4,7-10,13-14,18,25H,1,3,5-6,11-12H2,(H,27,28)/b4-2+.